The number of carbonyl (C=O) groups excluding carboxylic acids is 3. The molecule has 9 nitrogen and oxygen atoms in total. The summed E-state index contributed by atoms with van der Waals surface area (Å²) in [5, 5.41) is 3.41. The lowest BCUT2D eigenvalue weighted by Gasteiger charge is -2.29. The number of benzene rings is 3. The molecule has 0 saturated carbocycles. The first-order valence-corrected chi connectivity index (χ1v) is 14.7. The maximum Gasteiger partial charge on any atom is 0.325 e. The minimum absolute atomic E-state index is 0.100. The zero-order chi connectivity index (χ0) is 30.0. The van der Waals surface area contributed by atoms with Crippen molar-refractivity contribution in [1.29, 1.82) is 0 Å². The van der Waals surface area contributed by atoms with Crippen LogP contribution in [-0.4, -0.2) is 58.3 Å². The van der Waals surface area contributed by atoms with Gasteiger partial charge in [0.2, 0.25) is 0 Å². The van der Waals surface area contributed by atoms with Crippen molar-refractivity contribution < 1.29 is 19.1 Å². The van der Waals surface area contributed by atoms with E-state index >= 15 is 0 Å². The van der Waals surface area contributed by atoms with E-state index in [2.05, 4.69) is 37.9 Å². The van der Waals surface area contributed by atoms with Crippen molar-refractivity contribution in [3.63, 3.8) is 0 Å². The van der Waals surface area contributed by atoms with Crippen LogP contribution in [0.5, 0.6) is 5.75 Å². The van der Waals surface area contributed by atoms with E-state index in [-0.39, 0.29) is 18.4 Å². The highest BCUT2D eigenvalue weighted by molar-refractivity contribution is 14.1. The Labute approximate surface area is 262 Å². The molecule has 2 N–H and O–H groups in total. The number of imidazole rings is 1. The Morgan fingerprint density at radius 2 is 1.81 bits per heavy atom. The van der Waals surface area contributed by atoms with Gasteiger partial charge < -0.3 is 19.9 Å². The molecule has 11 heteroatoms. The van der Waals surface area contributed by atoms with Crippen LogP contribution >= 0.6 is 34.2 Å². The van der Waals surface area contributed by atoms with E-state index in [0.717, 1.165) is 14.7 Å². The van der Waals surface area contributed by atoms with Crippen LogP contribution in [0.25, 0.3) is 11.3 Å². The number of likely N-dealkylation sites (N-methyl/N-ethyl adjacent to an activating group) is 1. The summed E-state index contributed by atoms with van der Waals surface area (Å²) in [7, 11) is 3.31. The van der Waals surface area contributed by atoms with Gasteiger partial charge in [-0.25, -0.2) is 9.78 Å². The number of aromatic nitrogens is 2. The molecule has 1 aliphatic rings. The van der Waals surface area contributed by atoms with Crippen molar-refractivity contribution in [3.8, 4) is 17.0 Å². The van der Waals surface area contributed by atoms with Gasteiger partial charge >= 0.3 is 6.03 Å². The van der Waals surface area contributed by atoms with Crippen LogP contribution in [0.15, 0.2) is 79.0 Å². The van der Waals surface area contributed by atoms with Crippen molar-refractivity contribution in [3.05, 3.63) is 105 Å². The third-order valence-electron chi connectivity index (χ3n) is 7.22. The molecule has 2 heterocycles. The zero-order valence-electron chi connectivity index (χ0n) is 23.2. The molecule has 42 heavy (non-hydrogen) atoms. The summed E-state index contributed by atoms with van der Waals surface area (Å²) < 4.78 is 6.55. The topological polar surface area (TPSA) is 108 Å². The summed E-state index contributed by atoms with van der Waals surface area (Å²) in [5.74, 6) is 0.104. The third-order valence-corrected chi connectivity index (χ3v) is 8.20. The average molecular weight is 698 g/mol. The molecular weight excluding hydrogens is 669 g/mol. The normalized spacial score (nSPS) is 16.2. The van der Waals surface area contributed by atoms with Crippen LogP contribution in [0.2, 0.25) is 5.02 Å². The predicted octanol–water partition coefficient (Wildman–Crippen LogP) is 5.94. The number of imide groups is 1. The van der Waals surface area contributed by atoms with Gasteiger partial charge in [-0.3, -0.25) is 14.5 Å². The van der Waals surface area contributed by atoms with Crippen LogP contribution in [-0.2, 0) is 9.59 Å². The van der Waals surface area contributed by atoms with Gasteiger partial charge in [0.05, 0.1) is 16.9 Å². The van der Waals surface area contributed by atoms with E-state index in [0.29, 0.717) is 27.9 Å². The Kier molecular flexibility index (Phi) is 8.83. The highest BCUT2D eigenvalue weighted by Crippen LogP contribution is 2.40. The summed E-state index contributed by atoms with van der Waals surface area (Å²) >= 11 is 8.72. The number of aromatic amines is 1. The molecular formula is C31H29ClIN5O4. The molecule has 4 amide bonds. The lowest BCUT2D eigenvalue weighted by Crippen LogP contribution is -2.38. The second kappa shape index (κ2) is 12.5. The number of halogens is 2. The van der Waals surface area contributed by atoms with E-state index in [1.54, 1.807) is 44.6 Å². The van der Waals surface area contributed by atoms with Gasteiger partial charge in [0, 0.05) is 29.1 Å². The second-order valence-electron chi connectivity index (χ2n) is 10.2. The minimum atomic E-state index is -0.888. The van der Waals surface area contributed by atoms with E-state index < -0.39 is 24.0 Å². The fourth-order valence-electron chi connectivity index (χ4n) is 4.87. The number of hydrogen-bond donors (Lipinski definition) is 2. The second-order valence-corrected chi connectivity index (χ2v) is 11.8. The summed E-state index contributed by atoms with van der Waals surface area (Å²) in [4.78, 5) is 49.9. The van der Waals surface area contributed by atoms with E-state index in [1.165, 1.54) is 9.80 Å². The SMILES string of the molecule is C[C@@H](c1ccccc1)[C@@H](c1ncc(-c2ccc(I)cc2Cl)[nH]1)N1C(=O)NC(c2ccc(OCC(=O)N(C)C)cc2)C1=O. The lowest BCUT2D eigenvalue weighted by molar-refractivity contribution is -0.131. The maximum atomic E-state index is 13.9. The first-order valence-electron chi connectivity index (χ1n) is 13.3. The molecule has 0 radical (unpaired) electrons. The van der Waals surface area contributed by atoms with Gasteiger partial charge in [-0.05, 0) is 58.0 Å². The fourth-order valence-corrected chi connectivity index (χ4v) is 5.82. The number of hydrogen-bond acceptors (Lipinski definition) is 5. The highest BCUT2D eigenvalue weighted by Gasteiger charge is 2.46. The molecule has 1 fully saturated rings. The quantitative estimate of drug-likeness (QED) is 0.166. The summed E-state index contributed by atoms with van der Waals surface area (Å²) in [6, 6.07) is 20.1. The Hall–Kier alpha value is -3.90. The largest absolute Gasteiger partial charge is 0.484 e. The maximum absolute atomic E-state index is 13.9. The minimum Gasteiger partial charge on any atom is -0.484 e. The molecule has 4 aromatic rings. The Balaban J connectivity index is 1.45. The monoisotopic (exact) mass is 697 g/mol. The summed E-state index contributed by atoms with van der Waals surface area (Å²) in [6.45, 7) is 1.87. The number of nitrogens with zero attached hydrogens (tertiary/aromatic N) is 3. The molecule has 0 aliphatic carbocycles. The van der Waals surface area contributed by atoms with Crippen molar-refractivity contribution in [1.82, 2.24) is 25.1 Å². The zero-order valence-corrected chi connectivity index (χ0v) is 26.1. The van der Waals surface area contributed by atoms with E-state index in [4.69, 9.17) is 16.3 Å². The van der Waals surface area contributed by atoms with Crippen LogP contribution in [0.1, 0.15) is 41.9 Å². The molecule has 1 unspecified atom stereocenters. The van der Waals surface area contributed by atoms with Gasteiger partial charge in [-0.1, -0.05) is 67.1 Å². The summed E-state index contributed by atoms with van der Waals surface area (Å²) in [5.41, 5.74) is 3.00. The standard InChI is InChI=1S/C31H29ClIN5O4/c1-18(19-7-5-4-6-8-19)28(29-34-16-25(35-29)23-14-11-21(33)15-24(23)32)38-30(40)27(36-31(38)41)20-9-12-22(13-10-20)42-17-26(39)37(2)3/h4-16,18,27-28H,17H2,1-3H3,(H,34,35)(H,36,41)/t18-,27?,28-/m0/s1. The van der Waals surface area contributed by atoms with Gasteiger partial charge in [-0.2, -0.15) is 0 Å². The van der Waals surface area contributed by atoms with Crippen LogP contribution in [0.4, 0.5) is 4.79 Å². The van der Waals surface area contributed by atoms with Crippen molar-refractivity contribution >= 4 is 52.0 Å². The smallest absolute Gasteiger partial charge is 0.325 e. The fraction of sp³-hybridized carbons (Fsp3) is 0.226. The number of carbonyl (C=O) groups is 3. The lowest BCUT2D eigenvalue weighted by atomic mass is 9.91. The molecule has 3 aromatic carbocycles. The average Bonchev–Trinajstić information content (AvgIpc) is 3.57. The van der Waals surface area contributed by atoms with Gasteiger partial charge in [0.15, 0.2) is 6.61 Å². The van der Waals surface area contributed by atoms with Crippen molar-refractivity contribution in [2.45, 2.75) is 24.9 Å². The van der Waals surface area contributed by atoms with Gasteiger partial charge in [-0.15, -0.1) is 0 Å². The van der Waals surface area contributed by atoms with Gasteiger partial charge in [0.1, 0.15) is 23.7 Å². The van der Waals surface area contributed by atoms with Crippen LogP contribution in [0.3, 0.4) is 0 Å². The number of H-pyrrole nitrogens is 1. The van der Waals surface area contributed by atoms with Gasteiger partial charge in [0.25, 0.3) is 11.8 Å². The Bertz CT molecular complexity index is 1610. The number of nitrogens with one attached hydrogen (secondary N) is 2. The van der Waals surface area contributed by atoms with E-state index in [1.807, 2.05) is 55.5 Å². The number of amides is 4. The molecule has 1 aliphatic heterocycles. The first kappa shape index (κ1) is 29.6. The van der Waals surface area contributed by atoms with Crippen LogP contribution in [0, 0.1) is 3.57 Å². The Morgan fingerprint density at radius 1 is 1.10 bits per heavy atom. The van der Waals surface area contributed by atoms with Crippen LogP contribution < -0.4 is 10.1 Å². The number of ether oxygens (including phenoxy) is 1. The third kappa shape index (κ3) is 6.14. The Morgan fingerprint density at radius 3 is 2.48 bits per heavy atom. The molecule has 3 atom stereocenters. The molecule has 0 bridgehead atoms. The molecule has 216 valence electrons. The predicted molar refractivity (Wildman–Crippen MR) is 168 cm³/mol. The first-order chi connectivity index (χ1) is 20.1. The van der Waals surface area contributed by atoms with E-state index in [9.17, 15) is 14.4 Å². The summed E-state index contributed by atoms with van der Waals surface area (Å²) in [6.07, 6.45) is 1.67. The molecule has 0 spiro atoms. The molecule has 5 rings (SSSR count). The number of rotatable bonds is 9. The van der Waals surface area contributed by atoms with Crippen molar-refractivity contribution in [2.75, 3.05) is 20.7 Å². The number of urea groups is 1. The molecule has 1 aromatic heterocycles. The van der Waals surface area contributed by atoms with Crippen molar-refractivity contribution in [2.24, 2.45) is 0 Å². The highest BCUT2D eigenvalue weighted by atomic mass is 127. The molecule has 1 saturated heterocycles.